The fraction of sp³-hybridized carbons (Fsp3) is 0.600. The third-order valence-electron chi connectivity index (χ3n) is 3.39. The van der Waals surface area contributed by atoms with Gasteiger partial charge in [-0.2, -0.15) is 4.98 Å². The fourth-order valence-corrected chi connectivity index (χ4v) is 2.45. The molecule has 10 nitrogen and oxygen atoms in total. The Morgan fingerprint density at radius 1 is 1.50 bits per heavy atom. The van der Waals surface area contributed by atoms with Crippen molar-refractivity contribution in [2.75, 3.05) is 22.6 Å². The molecule has 1 saturated heterocycles. The first kappa shape index (κ1) is 13.1. The molecule has 7 N–H and O–H groups in total. The average Bonchev–Trinajstić information content (AvgIpc) is 2.89. The maximum Gasteiger partial charge on any atom is 0.278 e. The number of H-pyrrole nitrogens is 1. The molecule has 0 saturated carbocycles. The van der Waals surface area contributed by atoms with Crippen LogP contribution in [0.25, 0.3) is 0 Å². The van der Waals surface area contributed by atoms with E-state index in [0.29, 0.717) is 0 Å². The molecule has 10 heteroatoms. The molecule has 0 amide bonds. The lowest BCUT2D eigenvalue weighted by atomic mass is 10.2. The minimum Gasteiger partial charge on any atom is -0.394 e. The summed E-state index contributed by atoms with van der Waals surface area (Å²) in [6.07, 6.45) is -3.39. The lowest BCUT2D eigenvalue weighted by Crippen LogP contribution is -2.44. The molecule has 2 aliphatic rings. The van der Waals surface area contributed by atoms with E-state index in [1.807, 2.05) is 0 Å². The van der Waals surface area contributed by atoms with Crippen LogP contribution in [0.5, 0.6) is 0 Å². The third-order valence-corrected chi connectivity index (χ3v) is 3.39. The molecule has 0 spiro atoms. The van der Waals surface area contributed by atoms with Gasteiger partial charge in [0.05, 0.1) is 12.7 Å². The zero-order valence-electron chi connectivity index (χ0n) is 10.4. The number of aromatic amines is 1. The second-order valence-corrected chi connectivity index (χ2v) is 4.69. The summed E-state index contributed by atoms with van der Waals surface area (Å²) in [5.74, 6) is 0.0569. The van der Waals surface area contributed by atoms with Gasteiger partial charge in [0.15, 0.2) is 5.82 Å². The number of nitrogens with one attached hydrogen (secondary N) is 2. The van der Waals surface area contributed by atoms with Crippen LogP contribution in [-0.4, -0.2) is 56.7 Å². The summed E-state index contributed by atoms with van der Waals surface area (Å²) in [4.78, 5) is 19.3. The monoisotopic (exact) mass is 285 g/mol. The van der Waals surface area contributed by atoms with Crippen LogP contribution in [0.15, 0.2) is 4.79 Å². The first-order valence-corrected chi connectivity index (χ1v) is 6.08. The van der Waals surface area contributed by atoms with Crippen molar-refractivity contribution in [3.8, 4) is 0 Å². The van der Waals surface area contributed by atoms with E-state index in [9.17, 15) is 15.0 Å². The Bertz CT molecular complexity index is 578. The van der Waals surface area contributed by atoms with Crippen LogP contribution in [0, 0.1) is 0 Å². The highest BCUT2D eigenvalue weighted by Gasteiger charge is 2.43. The van der Waals surface area contributed by atoms with Crippen LogP contribution in [-0.2, 0) is 4.74 Å². The van der Waals surface area contributed by atoms with Crippen LogP contribution in [0.1, 0.15) is 6.42 Å². The molecule has 1 aromatic rings. The second kappa shape index (κ2) is 4.59. The van der Waals surface area contributed by atoms with Crippen LogP contribution >= 0.6 is 0 Å². The summed E-state index contributed by atoms with van der Waals surface area (Å²) in [5, 5.41) is 31.4. The summed E-state index contributed by atoms with van der Waals surface area (Å²) < 4.78 is 5.45. The normalized spacial score (nSPS) is 32.2. The standard InChI is InChI=1S/C10H15N5O5/c11-9-13-7-6(8(18)14-9)12-10(19)15(7)5-1-3(17)4(2-16)20-5/h3-5,10,12,16-17,19H,1-2H2,(H3,11,13,14,18)/t3?,4-,5-,10?/m1/s1. The van der Waals surface area contributed by atoms with E-state index in [1.165, 1.54) is 4.90 Å². The Morgan fingerprint density at radius 3 is 2.90 bits per heavy atom. The van der Waals surface area contributed by atoms with Crippen LogP contribution < -0.4 is 21.5 Å². The van der Waals surface area contributed by atoms with E-state index in [4.69, 9.17) is 15.6 Å². The maximum atomic E-state index is 11.7. The number of anilines is 3. The van der Waals surface area contributed by atoms with E-state index >= 15 is 0 Å². The van der Waals surface area contributed by atoms with Gasteiger partial charge in [-0.25, -0.2) is 0 Å². The number of aliphatic hydroxyl groups excluding tert-OH is 3. The lowest BCUT2D eigenvalue weighted by molar-refractivity contribution is -0.0300. The molecule has 1 fully saturated rings. The Labute approximate surface area is 112 Å². The molecule has 3 rings (SSSR count). The molecular weight excluding hydrogens is 270 g/mol. The van der Waals surface area contributed by atoms with E-state index in [0.717, 1.165) is 0 Å². The number of ether oxygens (including phenoxy) is 1. The fourth-order valence-electron chi connectivity index (χ4n) is 2.45. The molecule has 0 radical (unpaired) electrons. The van der Waals surface area contributed by atoms with Gasteiger partial charge < -0.3 is 31.1 Å². The van der Waals surface area contributed by atoms with Crippen molar-refractivity contribution in [3.05, 3.63) is 10.4 Å². The van der Waals surface area contributed by atoms with E-state index in [1.54, 1.807) is 0 Å². The largest absolute Gasteiger partial charge is 0.394 e. The maximum absolute atomic E-state index is 11.7. The van der Waals surface area contributed by atoms with Crippen molar-refractivity contribution < 1.29 is 20.1 Å². The number of rotatable bonds is 2. The molecule has 0 aromatic carbocycles. The SMILES string of the molecule is Nc1nc2c(c(=O)[nH]1)NC(O)N2[C@H]1CC(O)[C@@H](CO)O1. The number of nitrogen functional groups attached to an aromatic ring is 1. The zero-order chi connectivity index (χ0) is 14.4. The van der Waals surface area contributed by atoms with Gasteiger partial charge >= 0.3 is 0 Å². The van der Waals surface area contributed by atoms with E-state index in [-0.39, 0.29) is 30.5 Å². The molecule has 4 atom stereocenters. The van der Waals surface area contributed by atoms with Gasteiger partial charge in [0.2, 0.25) is 12.3 Å². The second-order valence-electron chi connectivity index (χ2n) is 4.69. The average molecular weight is 285 g/mol. The van der Waals surface area contributed by atoms with Crippen molar-refractivity contribution in [1.29, 1.82) is 0 Å². The van der Waals surface area contributed by atoms with Gasteiger partial charge in [0.1, 0.15) is 18.0 Å². The summed E-state index contributed by atoms with van der Waals surface area (Å²) in [5.41, 5.74) is 5.06. The molecule has 2 unspecified atom stereocenters. The zero-order valence-corrected chi connectivity index (χ0v) is 10.4. The molecule has 3 heterocycles. The Balaban J connectivity index is 1.95. The predicted molar refractivity (Wildman–Crippen MR) is 67.7 cm³/mol. The minimum atomic E-state index is -1.23. The highest BCUT2D eigenvalue weighted by Crippen LogP contribution is 2.35. The first-order valence-electron chi connectivity index (χ1n) is 6.08. The van der Waals surface area contributed by atoms with Gasteiger partial charge in [-0.15, -0.1) is 0 Å². The number of aliphatic hydroxyl groups is 3. The van der Waals surface area contributed by atoms with Gasteiger partial charge in [0, 0.05) is 6.42 Å². The van der Waals surface area contributed by atoms with Crippen LogP contribution in [0.2, 0.25) is 0 Å². The van der Waals surface area contributed by atoms with Crippen molar-refractivity contribution in [3.63, 3.8) is 0 Å². The van der Waals surface area contributed by atoms with Crippen LogP contribution in [0.3, 0.4) is 0 Å². The summed E-state index contributed by atoms with van der Waals surface area (Å²) in [7, 11) is 0. The smallest absolute Gasteiger partial charge is 0.278 e. The molecule has 2 aliphatic heterocycles. The van der Waals surface area contributed by atoms with Crippen molar-refractivity contribution in [1.82, 2.24) is 9.97 Å². The third kappa shape index (κ3) is 1.89. The Hall–Kier alpha value is -1.88. The molecule has 1 aromatic heterocycles. The van der Waals surface area contributed by atoms with Gasteiger partial charge in [-0.05, 0) is 0 Å². The summed E-state index contributed by atoms with van der Waals surface area (Å²) in [6.45, 7) is -0.340. The van der Waals surface area contributed by atoms with Gasteiger partial charge in [0.25, 0.3) is 5.56 Å². The van der Waals surface area contributed by atoms with E-state index in [2.05, 4.69) is 15.3 Å². The van der Waals surface area contributed by atoms with Gasteiger partial charge in [-0.1, -0.05) is 0 Å². The number of nitrogens with two attached hydrogens (primary N) is 1. The number of fused-ring (bicyclic) bond motifs is 1. The first-order chi connectivity index (χ1) is 9.51. The van der Waals surface area contributed by atoms with Crippen molar-refractivity contribution in [2.45, 2.75) is 31.2 Å². The molecule has 0 bridgehead atoms. The number of nitrogens with zero attached hydrogens (tertiary/aromatic N) is 2. The lowest BCUT2D eigenvalue weighted by Gasteiger charge is -2.27. The number of aromatic nitrogens is 2. The molecule has 110 valence electrons. The molecule has 20 heavy (non-hydrogen) atoms. The van der Waals surface area contributed by atoms with Crippen molar-refractivity contribution in [2.24, 2.45) is 0 Å². The quantitative estimate of drug-likeness (QED) is 0.341. The number of hydrogen-bond acceptors (Lipinski definition) is 9. The Morgan fingerprint density at radius 2 is 2.25 bits per heavy atom. The summed E-state index contributed by atoms with van der Waals surface area (Å²) >= 11 is 0. The van der Waals surface area contributed by atoms with Crippen molar-refractivity contribution >= 4 is 17.5 Å². The highest BCUT2D eigenvalue weighted by atomic mass is 16.5. The Kier molecular flexibility index (Phi) is 3.01. The predicted octanol–water partition coefficient (Wildman–Crippen LogP) is -2.67. The summed E-state index contributed by atoms with van der Waals surface area (Å²) in [6, 6.07) is 0. The van der Waals surface area contributed by atoms with Gasteiger partial charge in [-0.3, -0.25) is 14.7 Å². The number of hydrogen-bond donors (Lipinski definition) is 6. The topological polar surface area (TPSA) is 157 Å². The van der Waals surface area contributed by atoms with Crippen LogP contribution in [0.4, 0.5) is 17.5 Å². The molecule has 0 aliphatic carbocycles. The molecular formula is C10H15N5O5. The van der Waals surface area contributed by atoms with E-state index < -0.39 is 30.3 Å². The minimum absolute atomic E-state index is 0.0808. The highest BCUT2D eigenvalue weighted by molar-refractivity contribution is 5.71.